The van der Waals surface area contributed by atoms with Crippen LogP contribution in [0.1, 0.15) is 36.0 Å². The van der Waals surface area contributed by atoms with E-state index in [0.717, 1.165) is 0 Å². The molecule has 0 aromatic heterocycles. The Morgan fingerprint density at radius 2 is 1.82 bits per heavy atom. The van der Waals surface area contributed by atoms with Crippen LogP contribution in [0.3, 0.4) is 0 Å². The topological polar surface area (TPSA) is 65.1 Å². The number of hydrogen-bond donors (Lipinski definition) is 0. The molecule has 22 heavy (non-hydrogen) atoms. The largest absolute Gasteiger partial charge is 0.493 e. The molecule has 6 nitrogen and oxygen atoms in total. The lowest BCUT2D eigenvalue weighted by molar-refractivity contribution is -0.142. The molecule has 1 atom stereocenters. The van der Waals surface area contributed by atoms with E-state index in [1.807, 2.05) is 13.8 Å². The number of hydrogen-bond acceptors (Lipinski definition) is 5. The van der Waals surface area contributed by atoms with Crippen LogP contribution in [-0.2, 0) is 9.53 Å². The van der Waals surface area contributed by atoms with Crippen molar-refractivity contribution in [1.82, 2.24) is 4.90 Å². The van der Waals surface area contributed by atoms with Crippen LogP contribution in [0.15, 0.2) is 12.1 Å². The van der Waals surface area contributed by atoms with Gasteiger partial charge in [0.15, 0.2) is 17.7 Å². The molecule has 1 amide bonds. The molecule has 0 bridgehead atoms. The fraction of sp³-hybridized carbons (Fsp3) is 0.500. The summed E-state index contributed by atoms with van der Waals surface area (Å²) in [6.07, 6.45) is -0.673. The molecule has 2 rings (SSSR count). The normalized spacial score (nSPS) is 17.7. The fourth-order valence-corrected chi connectivity index (χ4v) is 2.72. The Hall–Kier alpha value is -2.08. The van der Waals surface area contributed by atoms with Crippen LogP contribution in [0.2, 0.25) is 0 Å². The first-order valence-corrected chi connectivity index (χ1v) is 7.09. The maximum Gasteiger partial charge on any atom is 0.297 e. The van der Waals surface area contributed by atoms with Crippen LogP contribution in [-0.4, -0.2) is 44.5 Å². The summed E-state index contributed by atoms with van der Waals surface area (Å²) in [5, 5.41) is 0. The summed E-state index contributed by atoms with van der Waals surface area (Å²) in [6, 6.07) is 3.20. The fourth-order valence-electron chi connectivity index (χ4n) is 2.72. The van der Waals surface area contributed by atoms with Crippen molar-refractivity contribution in [2.45, 2.75) is 20.1 Å². The number of methoxy groups -OCH3 is 3. The molecule has 6 heteroatoms. The van der Waals surface area contributed by atoms with Gasteiger partial charge in [-0.1, -0.05) is 13.8 Å². The Morgan fingerprint density at radius 1 is 1.14 bits per heavy atom. The van der Waals surface area contributed by atoms with Crippen molar-refractivity contribution in [2.75, 3.05) is 27.9 Å². The Morgan fingerprint density at radius 3 is 2.32 bits per heavy atom. The first kappa shape index (κ1) is 16.3. The summed E-state index contributed by atoms with van der Waals surface area (Å²) in [6.45, 7) is 4.37. The summed E-state index contributed by atoms with van der Waals surface area (Å²) in [5.74, 6) is 0.00845. The van der Waals surface area contributed by atoms with Gasteiger partial charge in [-0.2, -0.15) is 0 Å². The summed E-state index contributed by atoms with van der Waals surface area (Å²) >= 11 is 0. The number of ketones is 1. The van der Waals surface area contributed by atoms with E-state index < -0.39 is 17.9 Å². The van der Waals surface area contributed by atoms with E-state index in [0.29, 0.717) is 29.2 Å². The lowest BCUT2D eigenvalue weighted by atomic mass is 9.94. The molecule has 0 saturated carbocycles. The van der Waals surface area contributed by atoms with E-state index in [9.17, 15) is 9.59 Å². The molecule has 1 aliphatic heterocycles. The third-order valence-corrected chi connectivity index (χ3v) is 3.60. The number of ether oxygens (including phenoxy) is 3. The number of carbonyl (C=O) groups is 2. The minimum absolute atomic E-state index is 0.201. The zero-order valence-electron chi connectivity index (χ0n) is 13.5. The van der Waals surface area contributed by atoms with Crippen molar-refractivity contribution in [2.24, 2.45) is 5.92 Å². The second-order valence-electron chi connectivity index (χ2n) is 5.53. The molecule has 1 aromatic carbocycles. The number of benzene rings is 1. The van der Waals surface area contributed by atoms with Crippen molar-refractivity contribution in [1.29, 1.82) is 0 Å². The van der Waals surface area contributed by atoms with Crippen LogP contribution in [0, 0.1) is 5.92 Å². The maximum absolute atomic E-state index is 12.4. The van der Waals surface area contributed by atoms with Crippen molar-refractivity contribution >= 4 is 11.7 Å². The lowest BCUT2D eigenvalue weighted by Crippen LogP contribution is -2.46. The number of rotatable bonds is 5. The quantitative estimate of drug-likeness (QED) is 0.779. The average molecular weight is 307 g/mol. The van der Waals surface area contributed by atoms with Gasteiger partial charge in [-0.25, -0.2) is 0 Å². The monoisotopic (exact) mass is 307 g/mol. The maximum atomic E-state index is 12.4. The van der Waals surface area contributed by atoms with E-state index in [4.69, 9.17) is 14.2 Å². The van der Waals surface area contributed by atoms with E-state index in [2.05, 4.69) is 0 Å². The standard InChI is InChI=1S/C16H21NO5/c1-9(2)8-17-15(19)13(18)10-6-7-11(20-3)14(21-4)12(10)16(17)22-5/h6-7,9,16H,8H2,1-5H3. The van der Waals surface area contributed by atoms with Crippen LogP contribution >= 0.6 is 0 Å². The zero-order chi connectivity index (χ0) is 16.4. The molecule has 1 aliphatic rings. The van der Waals surface area contributed by atoms with Gasteiger partial charge in [0, 0.05) is 19.2 Å². The van der Waals surface area contributed by atoms with E-state index in [1.54, 1.807) is 12.1 Å². The summed E-state index contributed by atoms with van der Waals surface area (Å²) in [7, 11) is 4.52. The highest BCUT2D eigenvalue weighted by atomic mass is 16.5. The molecule has 0 fully saturated rings. The van der Waals surface area contributed by atoms with E-state index in [-0.39, 0.29) is 5.92 Å². The van der Waals surface area contributed by atoms with Crippen LogP contribution in [0.5, 0.6) is 11.5 Å². The summed E-state index contributed by atoms with van der Waals surface area (Å²) < 4.78 is 16.2. The minimum Gasteiger partial charge on any atom is -0.493 e. The minimum atomic E-state index is -0.673. The number of Topliss-reactive ketones (excluding diaryl/α,β-unsaturated/α-hetero) is 1. The highest BCUT2D eigenvalue weighted by Gasteiger charge is 2.41. The molecule has 120 valence electrons. The SMILES string of the molecule is COc1ccc2c(c1OC)C(OC)N(CC(C)C)C(=O)C2=O. The van der Waals surface area contributed by atoms with Gasteiger partial charge in [0.25, 0.3) is 11.7 Å². The third kappa shape index (κ3) is 2.54. The molecule has 0 radical (unpaired) electrons. The molecular weight excluding hydrogens is 286 g/mol. The predicted octanol–water partition coefficient (Wildman–Crippen LogP) is 2.03. The number of fused-ring (bicyclic) bond motifs is 1. The molecular formula is C16H21NO5. The second-order valence-corrected chi connectivity index (χ2v) is 5.53. The van der Waals surface area contributed by atoms with Gasteiger partial charge >= 0.3 is 0 Å². The van der Waals surface area contributed by atoms with Crippen molar-refractivity contribution in [3.63, 3.8) is 0 Å². The number of amides is 1. The van der Waals surface area contributed by atoms with Crippen LogP contribution < -0.4 is 9.47 Å². The van der Waals surface area contributed by atoms with Crippen LogP contribution in [0.4, 0.5) is 0 Å². The van der Waals surface area contributed by atoms with Crippen molar-refractivity contribution in [3.05, 3.63) is 23.3 Å². The smallest absolute Gasteiger partial charge is 0.297 e. The van der Waals surface area contributed by atoms with Gasteiger partial charge in [-0.3, -0.25) is 9.59 Å². The van der Waals surface area contributed by atoms with Gasteiger partial charge in [-0.15, -0.1) is 0 Å². The van der Waals surface area contributed by atoms with Crippen LogP contribution in [0.25, 0.3) is 0 Å². The zero-order valence-corrected chi connectivity index (χ0v) is 13.5. The van der Waals surface area contributed by atoms with Gasteiger partial charge in [-0.05, 0) is 18.1 Å². The van der Waals surface area contributed by atoms with Gasteiger partial charge < -0.3 is 19.1 Å². The molecule has 1 aromatic rings. The Balaban J connectivity index is 2.65. The summed E-state index contributed by atoms with van der Waals surface area (Å²) in [4.78, 5) is 26.2. The first-order chi connectivity index (χ1) is 10.5. The second kappa shape index (κ2) is 6.36. The molecule has 1 heterocycles. The van der Waals surface area contributed by atoms with Crippen molar-refractivity contribution < 1.29 is 23.8 Å². The van der Waals surface area contributed by atoms with Gasteiger partial charge in [0.2, 0.25) is 0 Å². The lowest BCUT2D eigenvalue weighted by Gasteiger charge is -2.37. The van der Waals surface area contributed by atoms with Crippen molar-refractivity contribution in [3.8, 4) is 11.5 Å². The Kier molecular flexibility index (Phi) is 4.71. The third-order valence-electron chi connectivity index (χ3n) is 3.60. The average Bonchev–Trinajstić information content (AvgIpc) is 2.51. The number of carbonyl (C=O) groups excluding carboxylic acids is 2. The molecule has 0 N–H and O–H groups in total. The highest BCUT2D eigenvalue weighted by molar-refractivity contribution is 6.44. The molecule has 0 spiro atoms. The first-order valence-electron chi connectivity index (χ1n) is 7.09. The van der Waals surface area contributed by atoms with Gasteiger partial charge in [0.05, 0.1) is 19.8 Å². The number of nitrogens with zero attached hydrogens (tertiary/aromatic N) is 1. The highest BCUT2D eigenvalue weighted by Crippen LogP contribution is 2.42. The molecule has 0 saturated heterocycles. The van der Waals surface area contributed by atoms with Gasteiger partial charge in [0.1, 0.15) is 0 Å². The van der Waals surface area contributed by atoms with E-state index >= 15 is 0 Å². The summed E-state index contributed by atoms with van der Waals surface area (Å²) in [5.41, 5.74) is 0.837. The Labute approximate surface area is 129 Å². The molecule has 1 unspecified atom stereocenters. The Bertz CT molecular complexity index is 596. The molecule has 0 aliphatic carbocycles. The van der Waals surface area contributed by atoms with E-state index in [1.165, 1.54) is 26.2 Å². The predicted molar refractivity (Wildman–Crippen MR) is 80.2 cm³/mol.